The van der Waals surface area contributed by atoms with Crippen LogP contribution in [0.3, 0.4) is 0 Å². The third-order valence-corrected chi connectivity index (χ3v) is 2.30. The molecule has 1 aromatic rings. The molecule has 0 radical (unpaired) electrons. The Morgan fingerprint density at radius 3 is 1.25 bits per heavy atom. The molecular formula is C12H21Cl2NZr. The van der Waals surface area contributed by atoms with Gasteiger partial charge in [0.25, 0.3) is 0 Å². The van der Waals surface area contributed by atoms with E-state index in [4.69, 9.17) is 17.0 Å². The van der Waals surface area contributed by atoms with Crippen molar-refractivity contribution in [2.24, 2.45) is 0 Å². The van der Waals surface area contributed by atoms with E-state index in [0.29, 0.717) is 0 Å². The summed E-state index contributed by atoms with van der Waals surface area (Å²) in [5, 5.41) is 0. The molecule has 0 saturated carbocycles. The van der Waals surface area contributed by atoms with Crippen LogP contribution in [0.1, 0.15) is 52.9 Å². The van der Waals surface area contributed by atoms with Crippen molar-refractivity contribution in [1.29, 1.82) is 0 Å². The zero-order valence-electron chi connectivity index (χ0n) is 10.9. The molecule has 0 amide bonds. The van der Waals surface area contributed by atoms with Crippen molar-refractivity contribution in [2.45, 2.75) is 52.4 Å². The van der Waals surface area contributed by atoms with Crippen molar-refractivity contribution >= 4 is 17.0 Å². The fourth-order valence-electron chi connectivity index (χ4n) is 1.27. The first-order valence-corrected chi connectivity index (χ1v) is 11.6. The van der Waals surface area contributed by atoms with Crippen LogP contribution in [-0.4, -0.2) is 4.98 Å². The second kappa shape index (κ2) is 6.62. The van der Waals surface area contributed by atoms with Gasteiger partial charge >= 0.3 is 37.9 Å². The molecule has 0 fully saturated rings. The molecule has 16 heavy (non-hydrogen) atoms. The molecule has 0 spiro atoms. The summed E-state index contributed by atoms with van der Waals surface area (Å²) in [6.45, 7) is 13.4. The van der Waals surface area contributed by atoms with Gasteiger partial charge in [0.05, 0.1) is 0 Å². The van der Waals surface area contributed by atoms with Crippen LogP contribution in [0.4, 0.5) is 0 Å². The molecule has 0 aliphatic heterocycles. The van der Waals surface area contributed by atoms with Crippen LogP contribution >= 0.6 is 17.0 Å². The van der Waals surface area contributed by atoms with Gasteiger partial charge in [-0.15, -0.1) is 0 Å². The summed E-state index contributed by atoms with van der Waals surface area (Å²) in [5.41, 5.74) is 3.09. The Kier molecular flexibility index (Phi) is 6.92. The van der Waals surface area contributed by atoms with Gasteiger partial charge in [-0.05, 0) is 12.1 Å². The number of H-pyrrole nitrogens is 1. The number of hydrogen-bond donors (Lipinski definition) is 1. The number of aromatic amines is 1. The Labute approximate surface area is 118 Å². The second-order valence-electron chi connectivity index (χ2n) is 5.86. The predicted molar refractivity (Wildman–Crippen MR) is 69.9 cm³/mol. The van der Waals surface area contributed by atoms with Gasteiger partial charge in [-0.1, -0.05) is 41.5 Å². The Hall–Kier alpha value is 0.743. The molecule has 0 aliphatic rings. The van der Waals surface area contributed by atoms with Gasteiger partial charge in [-0.2, -0.15) is 0 Å². The quantitative estimate of drug-likeness (QED) is 0.684. The molecule has 0 aliphatic carbocycles. The van der Waals surface area contributed by atoms with E-state index in [1.165, 1.54) is 11.4 Å². The van der Waals surface area contributed by atoms with Gasteiger partial charge in [-0.25, -0.2) is 0 Å². The molecule has 92 valence electrons. The van der Waals surface area contributed by atoms with Crippen LogP contribution in [0.2, 0.25) is 0 Å². The fourth-order valence-corrected chi connectivity index (χ4v) is 1.27. The molecule has 1 heterocycles. The average molecular weight is 341 g/mol. The molecule has 1 aromatic heterocycles. The molecule has 1 rings (SSSR count). The molecule has 0 atom stereocenters. The van der Waals surface area contributed by atoms with Crippen LogP contribution in [-0.2, 0) is 31.7 Å². The zero-order valence-corrected chi connectivity index (χ0v) is 14.9. The summed E-state index contributed by atoms with van der Waals surface area (Å²) >= 11 is -0.826. The minimum atomic E-state index is -0.826. The summed E-state index contributed by atoms with van der Waals surface area (Å²) in [5.74, 6) is 0. The van der Waals surface area contributed by atoms with Crippen molar-refractivity contribution in [1.82, 2.24) is 4.98 Å². The van der Waals surface area contributed by atoms with Crippen molar-refractivity contribution in [3.8, 4) is 0 Å². The molecule has 0 unspecified atom stereocenters. The van der Waals surface area contributed by atoms with Crippen LogP contribution in [0.5, 0.6) is 0 Å². The van der Waals surface area contributed by atoms with E-state index in [-0.39, 0.29) is 10.8 Å². The number of nitrogens with one attached hydrogen (secondary N) is 1. The second-order valence-corrected chi connectivity index (χ2v) is 9.59. The van der Waals surface area contributed by atoms with E-state index in [1.807, 2.05) is 0 Å². The third kappa shape index (κ3) is 5.89. The summed E-state index contributed by atoms with van der Waals surface area (Å²) in [6.07, 6.45) is 0. The van der Waals surface area contributed by atoms with Crippen molar-refractivity contribution < 1.29 is 20.8 Å². The van der Waals surface area contributed by atoms with Gasteiger partial charge in [0.15, 0.2) is 0 Å². The standard InChI is InChI=1S/C12H21N.2ClH.Zr/c1-11(2,3)9-7-8-10(13-9)12(4,5)6;;;/h7-8,13H,1-6H3;2*1H;/q;;;+2/p-2. The van der Waals surface area contributed by atoms with Gasteiger partial charge < -0.3 is 4.98 Å². The maximum absolute atomic E-state index is 4.93. The topological polar surface area (TPSA) is 15.8 Å². The molecular weight excluding hydrogens is 320 g/mol. The van der Waals surface area contributed by atoms with Gasteiger partial charge in [-0.3, -0.25) is 0 Å². The Morgan fingerprint density at radius 2 is 1.12 bits per heavy atom. The Morgan fingerprint density at radius 1 is 0.875 bits per heavy atom. The monoisotopic (exact) mass is 339 g/mol. The first kappa shape index (κ1) is 16.7. The normalized spacial score (nSPS) is 11.8. The average Bonchev–Trinajstić information content (AvgIpc) is 2.49. The molecule has 0 saturated heterocycles. The van der Waals surface area contributed by atoms with E-state index in [2.05, 4.69) is 58.7 Å². The van der Waals surface area contributed by atoms with E-state index < -0.39 is 20.8 Å². The summed E-state index contributed by atoms with van der Waals surface area (Å²) in [4.78, 5) is 3.49. The SMILES string of the molecule is CC(C)(C)c1ccc(C(C)(C)C)[nH]1.[Cl][Zr][Cl]. The summed E-state index contributed by atoms with van der Waals surface area (Å²) in [7, 11) is 9.87. The number of hydrogen-bond acceptors (Lipinski definition) is 0. The fraction of sp³-hybridized carbons (Fsp3) is 0.667. The molecule has 4 heteroatoms. The first-order valence-electron chi connectivity index (χ1n) is 5.29. The van der Waals surface area contributed by atoms with Crippen LogP contribution < -0.4 is 0 Å². The van der Waals surface area contributed by atoms with Gasteiger partial charge in [0.2, 0.25) is 0 Å². The minimum absolute atomic E-state index is 0.226. The van der Waals surface area contributed by atoms with E-state index >= 15 is 0 Å². The van der Waals surface area contributed by atoms with Crippen molar-refractivity contribution in [3.05, 3.63) is 23.5 Å². The molecule has 1 N–H and O–H groups in total. The third-order valence-electron chi connectivity index (χ3n) is 2.30. The number of halogens is 2. The van der Waals surface area contributed by atoms with E-state index in [9.17, 15) is 0 Å². The zero-order chi connectivity index (χ0) is 13.0. The number of rotatable bonds is 0. The summed E-state index contributed by atoms with van der Waals surface area (Å²) < 4.78 is 0. The van der Waals surface area contributed by atoms with E-state index in [1.54, 1.807) is 0 Å². The Bertz CT molecular complexity index is 279. The molecule has 1 nitrogen and oxygen atoms in total. The Balaban J connectivity index is 0.000000673. The summed E-state index contributed by atoms with van der Waals surface area (Å²) in [6, 6.07) is 4.39. The van der Waals surface area contributed by atoms with Gasteiger partial charge in [0.1, 0.15) is 0 Å². The van der Waals surface area contributed by atoms with E-state index in [0.717, 1.165) is 0 Å². The first-order chi connectivity index (χ1) is 7.12. The molecule has 0 bridgehead atoms. The van der Waals surface area contributed by atoms with Crippen molar-refractivity contribution in [3.63, 3.8) is 0 Å². The van der Waals surface area contributed by atoms with Crippen LogP contribution in [0.15, 0.2) is 12.1 Å². The van der Waals surface area contributed by atoms with Crippen LogP contribution in [0.25, 0.3) is 0 Å². The number of aromatic nitrogens is 1. The molecule has 0 aromatic carbocycles. The van der Waals surface area contributed by atoms with Crippen molar-refractivity contribution in [2.75, 3.05) is 0 Å². The predicted octanol–water partition coefficient (Wildman–Crippen LogP) is 4.99. The maximum atomic E-state index is 4.93. The van der Waals surface area contributed by atoms with Crippen LogP contribution in [0, 0.1) is 0 Å². The van der Waals surface area contributed by atoms with Gasteiger partial charge in [0, 0.05) is 22.2 Å².